The Bertz CT molecular complexity index is 960. The van der Waals surface area contributed by atoms with Crippen LogP contribution in [-0.2, 0) is 6.54 Å². The number of carbonyl (C=O) groups is 1. The number of likely N-dealkylation sites (N-methyl/N-ethyl adjacent to an activating group) is 1. The number of anilines is 1. The maximum atomic E-state index is 12.9. The highest BCUT2D eigenvalue weighted by Gasteiger charge is 2.22. The maximum absolute atomic E-state index is 12.9. The van der Waals surface area contributed by atoms with Crippen molar-refractivity contribution in [2.24, 2.45) is 0 Å². The van der Waals surface area contributed by atoms with Crippen LogP contribution in [-0.4, -0.2) is 58.9 Å². The fourth-order valence-electron chi connectivity index (χ4n) is 3.74. The molecule has 0 bridgehead atoms. The van der Waals surface area contributed by atoms with Crippen molar-refractivity contribution in [3.63, 3.8) is 0 Å². The van der Waals surface area contributed by atoms with E-state index in [4.69, 9.17) is 0 Å². The molecular formula is C23H27N5O. The van der Waals surface area contributed by atoms with Crippen LogP contribution in [0.15, 0.2) is 54.9 Å². The Labute approximate surface area is 171 Å². The van der Waals surface area contributed by atoms with Crippen LogP contribution in [0, 0.1) is 6.92 Å². The zero-order valence-corrected chi connectivity index (χ0v) is 17.0. The molecule has 3 aromatic rings. The molecule has 0 atom stereocenters. The summed E-state index contributed by atoms with van der Waals surface area (Å²) in [6, 6.07) is 13.6. The Hall–Kier alpha value is -2.96. The fourth-order valence-corrected chi connectivity index (χ4v) is 3.74. The molecule has 1 fully saturated rings. The Morgan fingerprint density at radius 2 is 1.76 bits per heavy atom. The van der Waals surface area contributed by atoms with Crippen LogP contribution in [0.25, 0.3) is 11.3 Å². The summed E-state index contributed by atoms with van der Waals surface area (Å²) in [7, 11) is 2.16. The number of pyridine rings is 1. The summed E-state index contributed by atoms with van der Waals surface area (Å²) >= 11 is 0. The highest BCUT2D eigenvalue weighted by Crippen LogP contribution is 2.34. The molecule has 2 N–H and O–H groups in total. The summed E-state index contributed by atoms with van der Waals surface area (Å²) in [4.78, 5) is 25.3. The lowest BCUT2D eigenvalue weighted by Crippen LogP contribution is -2.44. The normalized spacial score (nSPS) is 15.4. The number of nitrogens with zero attached hydrogens (tertiary/aromatic N) is 3. The minimum absolute atomic E-state index is 0.122. The highest BCUT2D eigenvalue weighted by atomic mass is 16.1. The molecule has 2 aromatic heterocycles. The van der Waals surface area contributed by atoms with E-state index in [0.717, 1.165) is 60.9 Å². The standard InChI is InChI=1S/C23H27N5O/c1-17-20(16-28-14-12-27(2)13-15-28)22(21(25-17)18-6-4-3-5-7-18)26-23(29)19-8-10-24-11-9-19/h3-11,25H,12-16H2,1-2H3,(H,26,29). The average molecular weight is 390 g/mol. The van der Waals surface area contributed by atoms with Crippen LogP contribution in [0.1, 0.15) is 21.6 Å². The Kier molecular flexibility index (Phi) is 5.74. The molecule has 4 rings (SSSR count). The third kappa shape index (κ3) is 4.39. The van der Waals surface area contributed by atoms with Crippen molar-refractivity contribution in [3.8, 4) is 11.3 Å². The molecule has 6 nitrogen and oxygen atoms in total. The maximum Gasteiger partial charge on any atom is 0.255 e. The van der Waals surface area contributed by atoms with Gasteiger partial charge in [-0.2, -0.15) is 0 Å². The van der Waals surface area contributed by atoms with Gasteiger partial charge in [0.1, 0.15) is 0 Å². The number of H-pyrrole nitrogens is 1. The van der Waals surface area contributed by atoms with Crippen molar-refractivity contribution in [1.82, 2.24) is 19.8 Å². The lowest BCUT2D eigenvalue weighted by atomic mass is 10.1. The molecule has 1 aliphatic rings. The van der Waals surface area contributed by atoms with Crippen LogP contribution in [0.3, 0.4) is 0 Å². The smallest absolute Gasteiger partial charge is 0.255 e. The third-order valence-electron chi connectivity index (χ3n) is 5.54. The highest BCUT2D eigenvalue weighted by molar-refractivity contribution is 6.06. The number of aromatic amines is 1. The zero-order valence-electron chi connectivity index (χ0n) is 17.0. The summed E-state index contributed by atoms with van der Waals surface area (Å²) in [5, 5.41) is 3.18. The van der Waals surface area contributed by atoms with Gasteiger partial charge in [-0.3, -0.25) is 14.7 Å². The van der Waals surface area contributed by atoms with Gasteiger partial charge in [-0.15, -0.1) is 0 Å². The molecule has 1 aliphatic heterocycles. The topological polar surface area (TPSA) is 64.3 Å². The van der Waals surface area contributed by atoms with Gasteiger partial charge in [0, 0.05) is 67.5 Å². The number of benzene rings is 1. The van der Waals surface area contributed by atoms with Gasteiger partial charge in [-0.05, 0) is 26.1 Å². The van der Waals surface area contributed by atoms with E-state index in [0.29, 0.717) is 5.56 Å². The number of hydrogen-bond donors (Lipinski definition) is 2. The molecule has 0 saturated carbocycles. The number of hydrogen-bond acceptors (Lipinski definition) is 4. The van der Waals surface area contributed by atoms with Gasteiger partial charge >= 0.3 is 0 Å². The second kappa shape index (κ2) is 8.59. The average Bonchev–Trinajstić information content (AvgIpc) is 3.06. The summed E-state index contributed by atoms with van der Waals surface area (Å²) in [6.45, 7) is 7.08. The number of piperazine rings is 1. The quantitative estimate of drug-likeness (QED) is 0.702. The van der Waals surface area contributed by atoms with Crippen LogP contribution in [0.2, 0.25) is 0 Å². The molecule has 1 amide bonds. The van der Waals surface area contributed by atoms with Gasteiger partial charge in [0.2, 0.25) is 0 Å². The first kappa shape index (κ1) is 19.4. The van der Waals surface area contributed by atoms with E-state index in [9.17, 15) is 4.79 Å². The Morgan fingerprint density at radius 1 is 1.07 bits per heavy atom. The van der Waals surface area contributed by atoms with Crippen molar-refractivity contribution in [3.05, 3.63) is 71.7 Å². The van der Waals surface area contributed by atoms with Crippen LogP contribution < -0.4 is 5.32 Å². The lowest BCUT2D eigenvalue weighted by molar-refractivity contribution is 0.102. The lowest BCUT2D eigenvalue weighted by Gasteiger charge is -2.32. The van der Waals surface area contributed by atoms with E-state index < -0.39 is 0 Å². The summed E-state index contributed by atoms with van der Waals surface area (Å²) in [6.07, 6.45) is 3.28. The molecule has 0 unspecified atom stereocenters. The first-order valence-corrected chi connectivity index (χ1v) is 10.0. The molecule has 6 heteroatoms. The van der Waals surface area contributed by atoms with E-state index >= 15 is 0 Å². The van der Waals surface area contributed by atoms with Crippen LogP contribution >= 0.6 is 0 Å². The van der Waals surface area contributed by atoms with Crippen molar-refractivity contribution in [1.29, 1.82) is 0 Å². The molecule has 0 aliphatic carbocycles. The van der Waals surface area contributed by atoms with Crippen molar-refractivity contribution < 1.29 is 4.79 Å². The molecule has 1 saturated heterocycles. The van der Waals surface area contributed by atoms with Crippen molar-refractivity contribution in [2.45, 2.75) is 13.5 Å². The van der Waals surface area contributed by atoms with E-state index in [1.807, 2.05) is 18.2 Å². The minimum Gasteiger partial charge on any atom is -0.357 e. The molecule has 3 heterocycles. The number of rotatable bonds is 5. The molecule has 29 heavy (non-hydrogen) atoms. The molecule has 150 valence electrons. The molecule has 1 aromatic carbocycles. The van der Waals surface area contributed by atoms with E-state index in [1.54, 1.807) is 24.5 Å². The van der Waals surface area contributed by atoms with Crippen molar-refractivity contribution in [2.75, 3.05) is 38.5 Å². The first-order chi connectivity index (χ1) is 14.1. The zero-order chi connectivity index (χ0) is 20.2. The van der Waals surface area contributed by atoms with E-state index in [2.05, 4.69) is 51.2 Å². The number of aryl methyl sites for hydroxylation is 1. The summed E-state index contributed by atoms with van der Waals surface area (Å²) in [5.74, 6) is -0.122. The van der Waals surface area contributed by atoms with E-state index in [-0.39, 0.29) is 5.91 Å². The SMILES string of the molecule is Cc1[nH]c(-c2ccccc2)c(NC(=O)c2ccncc2)c1CN1CCN(C)CC1. The third-order valence-corrected chi connectivity index (χ3v) is 5.54. The number of carbonyl (C=O) groups excluding carboxylic acids is 1. The van der Waals surface area contributed by atoms with Crippen molar-refractivity contribution >= 4 is 11.6 Å². The monoisotopic (exact) mass is 389 g/mol. The van der Waals surface area contributed by atoms with Gasteiger partial charge in [0.05, 0.1) is 11.4 Å². The first-order valence-electron chi connectivity index (χ1n) is 10.0. The summed E-state index contributed by atoms with van der Waals surface area (Å²) < 4.78 is 0. The largest absolute Gasteiger partial charge is 0.357 e. The molecule has 0 radical (unpaired) electrons. The summed E-state index contributed by atoms with van der Waals surface area (Å²) in [5.41, 5.74) is 5.72. The van der Waals surface area contributed by atoms with Gasteiger partial charge < -0.3 is 15.2 Å². The van der Waals surface area contributed by atoms with Crippen LogP contribution in [0.4, 0.5) is 5.69 Å². The van der Waals surface area contributed by atoms with Gasteiger partial charge in [0.15, 0.2) is 0 Å². The Morgan fingerprint density at radius 3 is 2.45 bits per heavy atom. The second-order valence-electron chi connectivity index (χ2n) is 7.61. The molecule has 0 spiro atoms. The fraction of sp³-hybridized carbons (Fsp3) is 0.304. The van der Waals surface area contributed by atoms with E-state index in [1.165, 1.54) is 0 Å². The number of amides is 1. The number of nitrogens with one attached hydrogen (secondary N) is 2. The number of aromatic nitrogens is 2. The second-order valence-corrected chi connectivity index (χ2v) is 7.61. The molecular weight excluding hydrogens is 362 g/mol. The van der Waals surface area contributed by atoms with Crippen LogP contribution in [0.5, 0.6) is 0 Å². The van der Waals surface area contributed by atoms with Gasteiger partial charge in [-0.25, -0.2) is 0 Å². The minimum atomic E-state index is -0.122. The van der Waals surface area contributed by atoms with Gasteiger partial charge in [-0.1, -0.05) is 30.3 Å². The Balaban J connectivity index is 1.68. The van der Waals surface area contributed by atoms with Gasteiger partial charge in [0.25, 0.3) is 5.91 Å². The predicted octanol–water partition coefficient (Wildman–Crippen LogP) is 3.38. The predicted molar refractivity (Wildman–Crippen MR) is 116 cm³/mol.